The van der Waals surface area contributed by atoms with Crippen LogP contribution < -0.4 is 15.4 Å². The van der Waals surface area contributed by atoms with Gasteiger partial charge in [-0.3, -0.25) is 14.6 Å². The fraction of sp³-hybridized carbons (Fsp3) is 0.174. The predicted molar refractivity (Wildman–Crippen MR) is 112 cm³/mol. The van der Waals surface area contributed by atoms with Crippen molar-refractivity contribution in [2.24, 2.45) is 5.92 Å². The number of pyridine rings is 1. The number of nitrogens with one attached hydrogen (secondary N) is 2. The van der Waals surface area contributed by atoms with Gasteiger partial charge in [-0.25, -0.2) is 0 Å². The Bertz CT molecular complexity index is 987. The van der Waals surface area contributed by atoms with E-state index in [1.165, 1.54) is 0 Å². The normalized spacial score (nSPS) is 10.4. The summed E-state index contributed by atoms with van der Waals surface area (Å²) in [4.78, 5) is 29.2. The van der Waals surface area contributed by atoms with Crippen molar-refractivity contribution in [1.82, 2.24) is 10.3 Å². The molecule has 3 rings (SSSR count). The minimum atomic E-state index is -0.325. The zero-order valence-electron chi connectivity index (χ0n) is 16.4. The van der Waals surface area contributed by atoms with Gasteiger partial charge in [-0.1, -0.05) is 32.0 Å². The predicted octanol–water partition coefficient (Wildman–Crippen LogP) is 4.51. The van der Waals surface area contributed by atoms with Crippen molar-refractivity contribution in [3.8, 4) is 11.5 Å². The van der Waals surface area contributed by atoms with Gasteiger partial charge >= 0.3 is 0 Å². The molecule has 0 saturated carbocycles. The van der Waals surface area contributed by atoms with E-state index in [0.29, 0.717) is 40.8 Å². The lowest BCUT2D eigenvalue weighted by Gasteiger charge is -2.13. The Morgan fingerprint density at radius 1 is 0.931 bits per heavy atom. The average Bonchev–Trinajstić information content (AvgIpc) is 2.73. The first-order chi connectivity index (χ1) is 14.0. The van der Waals surface area contributed by atoms with Crippen molar-refractivity contribution in [3.05, 3.63) is 84.2 Å². The third-order valence-corrected chi connectivity index (χ3v) is 4.07. The molecule has 2 amide bonds. The van der Waals surface area contributed by atoms with Gasteiger partial charge in [-0.2, -0.15) is 0 Å². The summed E-state index contributed by atoms with van der Waals surface area (Å²) in [5.74, 6) is 0.957. The standard InChI is InChI=1S/C23H23N3O3/c1-16(2)15-25-23(28)20-8-3-4-9-21(20)26-22(27)17-6-5-7-19(14-17)29-18-10-12-24-13-11-18/h3-14,16H,15H2,1-2H3,(H,25,28)(H,26,27). The van der Waals surface area contributed by atoms with E-state index in [2.05, 4.69) is 15.6 Å². The first-order valence-electron chi connectivity index (χ1n) is 9.39. The van der Waals surface area contributed by atoms with Crippen LogP contribution in [0.25, 0.3) is 0 Å². The molecule has 0 saturated heterocycles. The van der Waals surface area contributed by atoms with Crippen LogP contribution >= 0.6 is 0 Å². The van der Waals surface area contributed by atoms with Crippen LogP contribution in [0.5, 0.6) is 11.5 Å². The van der Waals surface area contributed by atoms with Crippen LogP contribution in [0.15, 0.2) is 73.1 Å². The number of anilines is 1. The molecule has 0 aliphatic heterocycles. The number of hydrogen-bond acceptors (Lipinski definition) is 4. The van der Waals surface area contributed by atoms with Gasteiger partial charge in [-0.05, 0) is 48.4 Å². The van der Waals surface area contributed by atoms with Crippen molar-refractivity contribution in [2.75, 3.05) is 11.9 Å². The van der Waals surface area contributed by atoms with Crippen LogP contribution in [-0.2, 0) is 0 Å². The second-order valence-electron chi connectivity index (χ2n) is 6.92. The summed E-state index contributed by atoms with van der Waals surface area (Å²) in [6.07, 6.45) is 3.26. The van der Waals surface area contributed by atoms with Gasteiger partial charge in [0.25, 0.3) is 11.8 Å². The number of para-hydroxylation sites is 1. The Balaban J connectivity index is 1.74. The Hall–Kier alpha value is -3.67. The maximum absolute atomic E-state index is 12.8. The first-order valence-corrected chi connectivity index (χ1v) is 9.39. The van der Waals surface area contributed by atoms with Crippen LogP contribution in [0.3, 0.4) is 0 Å². The van der Waals surface area contributed by atoms with E-state index in [9.17, 15) is 9.59 Å². The maximum Gasteiger partial charge on any atom is 0.255 e. The molecular formula is C23H23N3O3. The van der Waals surface area contributed by atoms with Crippen LogP contribution in [-0.4, -0.2) is 23.3 Å². The van der Waals surface area contributed by atoms with E-state index in [-0.39, 0.29) is 11.8 Å². The Morgan fingerprint density at radius 3 is 2.45 bits per heavy atom. The molecule has 1 heterocycles. The molecule has 148 valence electrons. The fourth-order valence-corrected chi connectivity index (χ4v) is 2.62. The number of aromatic nitrogens is 1. The van der Waals surface area contributed by atoms with Crippen LogP contribution in [0, 0.1) is 5.92 Å². The number of hydrogen-bond donors (Lipinski definition) is 2. The molecule has 6 nitrogen and oxygen atoms in total. The zero-order valence-corrected chi connectivity index (χ0v) is 16.4. The zero-order chi connectivity index (χ0) is 20.6. The van der Waals surface area contributed by atoms with Crippen molar-refractivity contribution in [1.29, 1.82) is 0 Å². The monoisotopic (exact) mass is 389 g/mol. The van der Waals surface area contributed by atoms with E-state index in [4.69, 9.17) is 4.74 Å². The molecule has 2 N–H and O–H groups in total. The number of rotatable bonds is 7. The number of nitrogens with zero attached hydrogens (tertiary/aromatic N) is 1. The fourth-order valence-electron chi connectivity index (χ4n) is 2.62. The molecule has 3 aromatic rings. The van der Waals surface area contributed by atoms with Gasteiger partial charge in [0.05, 0.1) is 11.3 Å². The summed E-state index contributed by atoms with van der Waals surface area (Å²) in [6.45, 7) is 4.61. The maximum atomic E-state index is 12.8. The van der Waals surface area contributed by atoms with Gasteiger partial charge in [0.2, 0.25) is 0 Å². The number of carbonyl (C=O) groups is 2. The minimum Gasteiger partial charge on any atom is -0.457 e. The lowest BCUT2D eigenvalue weighted by Crippen LogP contribution is -2.28. The second kappa shape index (κ2) is 9.50. The topological polar surface area (TPSA) is 80.3 Å². The number of carbonyl (C=O) groups excluding carboxylic acids is 2. The lowest BCUT2D eigenvalue weighted by molar-refractivity contribution is 0.0950. The molecule has 0 unspecified atom stereocenters. The molecule has 0 radical (unpaired) electrons. The van der Waals surface area contributed by atoms with Crippen molar-refractivity contribution in [3.63, 3.8) is 0 Å². The summed E-state index contributed by atoms with van der Waals surface area (Å²) >= 11 is 0. The molecule has 0 aliphatic carbocycles. The largest absolute Gasteiger partial charge is 0.457 e. The van der Waals surface area contributed by atoms with Gasteiger partial charge in [0.15, 0.2) is 0 Å². The van der Waals surface area contributed by atoms with Crippen LogP contribution in [0.4, 0.5) is 5.69 Å². The van der Waals surface area contributed by atoms with Crippen LogP contribution in [0.1, 0.15) is 34.6 Å². The SMILES string of the molecule is CC(C)CNC(=O)c1ccccc1NC(=O)c1cccc(Oc2ccncc2)c1. The molecule has 0 bridgehead atoms. The molecular weight excluding hydrogens is 366 g/mol. The molecule has 2 aromatic carbocycles. The Labute approximate surface area is 169 Å². The van der Waals surface area contributed by atoms with Gasteiger partial charge in [-0.15, -0.1) is 0 Å². The smallest absolute Gasteiger partial charge is 0.255 e. The first kappa shape index (κ1) is 20.1. The highest BCUT2D eigenvalue weighted by atomic mass is 16.5. The Morgan fingerprint density at radius 2 is 1.69 bits per heavy atom. The van der Waals surface area contributed by atoms with Crippen molar-refractivity contribution in [2.45, 2.75) is 13.8 Å². The third-order valence-electron chi connectivity index (χ3n) is 4.07. The summed E-state index contributed by atoms with van der Waals surface area (Å²) in [6, 6.07) is 17.3. The quantitative estimate of drug-likeness (QED) is 0.623. The summed E-state index contributed by atoms with van der Waals surface area (Å²) in [5, 5.41) is 5.69. The molecule has 29 heavy (non-hydrogen) atoms. The van der Waals surface area contributed by atoms with Crippen molar-refractivity contribution >= 4 is 17.5 Å². The third kappa shape index (κ3) is 5.65. The van der Waals surface area contributed by atoms with Gasteiger partial charge < -0.3 is 15.4 Å². The van der Waals surface area contributed by atoms with Gasteiger partial charge in [0.1, 0.15) is 11.5 Å². The number of ether oxygens (including phenoxy) is 1. The van der Waals surface area contributed by atoms with E-state index < -0.39 is 0 Å². The second-order valence-corrected chi connectivity index (χ2v) is 6.92. The van der Waals surface area contributed by atoms with E-state index in [0.717, 1.165) is 0 Å². The summed E-state index contributed by atoms with van der Waals surface area (Å²) in [7, 11) is 0. The highest BCUT2D eigenvalue weighted by Gasteiger charge is 2.14. The number of amides is 2. The molecule has 6 heteroatoms. The summed E-state index contributed by atoms with van der Waals surface area (Å²) < 4.78 is 5.75. The molecule has 1 aromatic heterocycles. The molecule has 0 atom stereocenters. The Kier molecular flexibility index (Phi) is 6.58. The van der Waals surface area contributed by atoms with Crippen LogP contribution in [0.2, 0.25) is 0 Å². The highest BCUT2D eigenvalue weighted by molar-refractivity contribution is 6.09. The van der Waals surface area contributed by atoms with Gasteiger partial charge in [0, 0.05) is 24.5 Å². The highest BCUT2D eigenvalue weighted by Crippen LogP contribution is 2.22. The lowest BCUT2D eigenvalue weighted by atomic mass is 10.1. The minimum absolute atomic E-state index is 0.218. The van der Waals surface area contributed by atoms with Crippen molar-refractivity contribution < 1.29 is 14.3 Å². The van der Waals surface area contributed by atoms with E-state index in [1.807, 2.05) is 13.8 Å². The summed E-state index contributed by atoms with van der Waals surface area (Å²) in [5.41, 5.74) is 1.30. The van der Waals surface area contributed by atoms with E-state index >= 15 is 0 Å². The molecule has 0 fully saturated rings. The molecule has 0 aliphatic rings. The van der Waals surface area contributed by atoms with E-state index in [1.54, 1.807) is 73.1 Å². The number of benzene rings is 2. The molecule has 0 spiro atoms. The average molecular weight is 389 g/mol.